The molecule has 0 bridgehead atoms. The topological polar surface area (TPSA) is 86.4 Å². The van der Waals surface area contributed by atoms with Gasteiger partial charge in [0.1, 0.15) is 22.8 Å². The number of rotatable bonds is 4. The molecule has 0 aliphatic heterocycles. The number of nitrogens with zero attached hydrogens (tertiary/aromatic N) is 3. The van der Waals surface area contributed by atoms with E-state index in [0.29, 0.717) is 20.0 Å². The second kappa shape index (κ2) is 6.83. The fourth-order valence-corrected chi connectivity index (χ4v) is 2.07. The summed E-state index contributed by atoms with van der Waals surface area (Å²) in [6, 6.07) is 0.570. The third-order valence-corrected chi connectivity index (χ3v) is 3.51. The van der Waals surface area contributed by atoms with Crippen LogP contribution in [-0.4, -0.2) is 37.7 Å². The van der Waals surface area contributed by atoms with Crippen molar-refractivity contribution < 1.29 is 45.4 Å². The molecule has 154 valence electrons. The quantitative estimate of drug-likeness (QED) is 0.774. The number of aromatic carboxylic acids is 1. The molecular weight excluding hydrogens is 407 g/mol. The lowest BCUT2D eigenvalue weighted by Gasteiger charge is -2.19. The molecule has 0 radical (unpaired) electrons. The van der Waals surface area contributed by atoms with Crippen LogP contribution in [0.15, 0.2) is 16.9 Å². The summed E-state index contributed by atoms with van der Waals surface area (Å²) in [6.45, 7) is 0.531. The molecule has 2 rings (SSSR count). The van der Waals surface area contributed by atoms with E-state index in [2.05, 4.69) is 9.84 Å². The maximum atomic E-state index is 14.2. The van der Waals surface area contributed by atoms with Crippen molar-refractivity contribution in [1.29, 1.82) is 0 Å². The Labute approximate surface area is 150 Å². The van der Waals surface area contributed by atoms with Gasteiger partial charge in [-0.25, -0.2) is 14.0 Å². The number of ether oxygens (including phenoxy) is 1. The molecular formula is C14H10F7N3O4. The van der Waals surface area contributed by atoms with E-state index in [0.717, 1.165) is 0 Å². The van der Waals surface area contributed by atoms with Gasteiger partial charge in [-0.15, -0.1) is 5.10 Å². The van der Waals surface area contributed by atoms with Crippen LogP contribution in [-0.2, 0) is 13.2 Å². The third kappa shape index (κ3) is 3.94. The zero-order valence-corrected chi connectivity index (χ0v) is 13.9. The first kappa shape index (κ1) is 21.2. The number of halogens is 7. The highest BCUT2D eigenvalue weighted by atomic mass is 19.4. The molecule has 0 unspecified atom stereocenters. The number of carboxylic acids is 1. The van der Waals surface area contributed by atoms with Gasteiger partial charge in [-0.1, -0.05) is 0 Å². The summed E-state index contributed by atoms with van der Waals surface area (Å²) >= 11 is 0. The van der Waals surface area contributed by atoms with Gasteiger partial charge in [0.2, 0.25) is 5.82 Å². The molecule has 0 aliphatic rings. The lowest BCUT2D eigenvalue weighted by Crippen LogP contribution is -2.32. The maximum absolute atomic E-state index is 14.2. The van der Waals surface area contributed by atoms with Crippen molar-refractivity contribution in [2.75, 3.05) is 0 Å². The third-order valence-electron chi connectivity index (χ3n) is 3.51. The number of benzene rings is 1. The molecule has 14 heteroatoms. The minimum atomic E-state index is -5.08. The van der Waals surface area contributed by atoms with Gasteiger partial charge in [-0.3, -0.25) is 4.57 Å². The van der Waals surface area contributed by atoms with Gasteiger partial charge in [-0.05, 0) is 13.0 Å². The number of hydrogen-bond acceptors (Lipinski definition) is 4. The number of alkyl halides is 6. The fraction of sp³-hybridized carbons (Fsp3) is 0.357. The van der Waals surface area contributed by atoms with Gasteiger partial charge in [0, 0.05) is 13.1 Å². The summed E-state index contributed by atoms with van der Waals surface area (Å²) in [7, 11) is 0.696. The molecule has 0 spiro atoms. The molecule has 1 aromatic carbocycles. The second-order valence-corrected chi connectivity index (χ2v) is 5.48. The minimum Gasteiger partial charge on any atom is -0.480 e. The predicted molar refractivity (Wildman–Crippen MR) is 76.9 cm³/mol. The summed E-state index contributed by atoms with van der Waals surface area (Å²) in [4.78, 5) is 23.1. The monoisotopic (exact) mass is 417 g/mol. The highest BCUT2D eigenvalue weighted by Crippen LogP contribution is 2.31. The molecule has 1 aromatic heterocycles. The first-order chi connectivity index (χ1) is 12.6. The lowest BCUT2D eigenvalue weighted by atomic mass is 10.1. The maximum Gasteiger partial charge on any atom is 0.451 e. The van der Waals surface area contributed by atoms with E-state index in [1.54, 1.807) is 0 Å². The van der Waals surface area contributed by atoms with E-state index in [-0.39, 0.29) is 15.3 Å². The van der Waals surface area contributed by atoms with Crippen LogP contribution in [0.2, 0.25) is 0 Å². The molecule has 1 heterocycles. The Kier molecular flexibility index (Phi) is 5.18. The Morgan fingerprint density at radius 1 is 1.21 bits per heavy atom. The van der Waals surface area contributed by atoms with E-state index in [1.807, 2.05) is 0 Å². The fourth-order valence-electron chi connectivity index (χ4n) is 2.07. The van der Waals surface area contributed by atoms with Crippen molar-refractivity contribution in [2.24, 2.45) is 7.05 Å². The van der Waals surface area contributed by atoms with E-state index in [9.17, 15) is 40.3 Å². The lowest BCUT2D eigenvalue weighted by molar-refractivity contribution is -0.189. The van der Waals surface area contributed by atoms with E-state index in [1.165, 1.54) is 0 Å². The summed E-state index contributed by atoms with van der Waals surface area (Å²) in [5, 5.41) is 11.9. The summed E-state index contributed by atoms with van der Waals surface area (Å²) in [5.41, 5.74) is -3.52. The summed E-state index contributed by atoms with van der Waals surface area (Å²) in [5.74, 6) is -6.09. The van der Waals surface area contributed by atoms with Crippen molar-refractivity contribution in [3.8, 4) is 11.4 Å². The van der Waals surface area contributed by atoms with E-state index >= 15 is 0 Å². The Morgan fingerprint density at radius 3 is 2.21 bits per heavy atom. The van der Waals surface area contributed by atoms with Gasteiger partial charge in [0.15, 0.2) is 6.10 Å². The van der Waals surface area contributed by atoms with Crippen LogP contribution in [0.5, 0.6) is 5.75 Å². The molecule has 7 nitrogen and oxygen atoms in total. The molecule has 0 amide bonds. The molecule has 0 fully saturated rings. The van der Waals surface area contributed by atoms with Crippen LogP contribution < -0.4 is 10.4 Å². The Bertz CT molecular complexity index is 975. The summed E-state index contributed by atoms with van der Waals surface area (Å²) in [6.07, 6.45) is -12.5. The van der Waals surface area contributed by atoms with Gasteiger partial charge in [0.25, 0.3) is 0 Å². The van der Waals surface area contributed by atoms with Crippen LogP contribution in [0.25, 0.3) is 5.69 Å². The molecule has 2 aromatic rings. The Hall–Kier alpha value is -3.06. The minimum absolute atomic E-state index is 0.0451. The van der Waals surface area contributed by atoms with E-state index < -0.39 is 58.8 Å². The van der Waals surface area contributed by atoms with Crippen molar-refractivity contribution >= 4 is 5.97 Å². The smallest absolute Gasteiger partial charge is 0.451 e. The zero-order chi connectivity index (χ0) is 21.6. The van der Waals surface area contributed by atoms with Gasteiger partial charge < -0.3 is 9.84 Å². The van der Waals surface area contributed by atoms with Gasteiger partial charge >= 0.3 is 24.0 Å². The highest BCUT2D eigenvalue weighted by Gasteiger charge is 2.40. The van der Waals surface area contributed by atoms with Crippen LogP contribution in [0, 0.1) is 5.82 Å². The van der Waals surface area contributed by atoms with E-state index in [4.69, 9.17) is 5.11 Å². The largest absolute Gasteiger partial charge is 0.480 e. The predicted octanol–water partition coefficient (Wildman–Crippen LogP) is 2.76. The SMILES string of the molecule is C[C@H](Oc1cc(-n2nc(C(F)(F)F)n(C)c2=O)c(F)cc1C(=O)O)C(F)(F)F. The van der Waals surface area contributed by atoms with Crippen LogP contribution >= 0.6 is 0 Å². The van der Waals surface area contributed by atoms with Crippen molar-refractivity contribution in [1.82, 2.24) is 14.3 Å². The number of carboxylic acid groups (broad SMARTS) is 1. The summed E-state index contributed by atoms with van der Waals surface area (Å²) < 4.78 is 95.3. The molecule has 0 aliphatic carbocycles. The van der Waals surface area contributed by atoms with Gasteiger partial charge in [0.05, 0.1) is 0 Å². The molecule has 28 heavy (non-hydrogen) atoms. The van der Waals surface area contributed by atoms with Crippen LogP contribution in [0.1, 0.15) is 23.1 Å². The normalized spacial score (nSPS) is 13.5. The van der Waals surface area contributed by atoms with Gasteiger partial charge in [-0.2, -0.15) is 31.0 Å². The molecule has 0 saturated heterocycles. The highest BCUT2D eigenvalue weighted by molar-refractivity contribution is 5.91. The standard InChI is InChI=1S/C14H10F7N3O4/c1-5(13(16,17)18)28-9-4-8(7(15)3-6(9)10(25)26)24-12(27)23(2)11(22-24)14(19,20)21/h3-5H,1-2H3,(H,25,26)/t5-/m0/s1. The second-order valence-electron chi connectivity index (χ2n) is 5.48. The van der Waals surface area contributed by atoms with Crippen molar-refractivity contribution in [3.05, 3.63) is 39.8 Å². The average molecular weight is 417 g/mol. The Balaban J connectivity index is 2.69. The first-order valence-electron chi connectivity index (χ1n) is 7.18. The first-order valence-corrected chi connectivity index (χ1v) is 7.18. The van der Waals surface area contributed by atoms with Crippen molar-refractivity contribution in [3.63, 3.8) is 0 Å². The number of carbonyl (C=O) groups is 1. The van der Waals surface area contributed by atoms with Crippen LogP contribution in [0.3, 0.4) is 0 Å². The van der Waals surface area contributed by atoms with Crippen molar-refractivity contribution in [2.45, 2.75) is 25.4 Å². The molecule has 1 atom stereocenters. The number of aromatic nitrogens is 3. The zero-order valence-electron chi connectivity index (χ0n) is 13.9. The average Bonchev–Trinajstić information content (AvgIpc) is 2.83. The number of hydrogen-bond donors (Lipinski definition) is 1. The molecule has 0 saturated carbocycles. The molecule has 1 N–H and O–H groups in total. The van der Waals surface area contributed by atoms with Crippen LogP contribution in [0.4, 0.5) is 30.7 Å². The Morgan fingerprint density at radius 2 is 1.79 bits per heavy atom.